The number of aromatic amines is 1. The molecule has 3 aromatic rings. The first-order valence-electron chi connectivity index (χ1n) is 8.89. The van der Waals surface area contributed by atoms with E-state index in [4.69, 9.17) is 14.2 Å². The Bertz CT molecular complexity index is 978. The summed E-state index contributed by atoms with van der Waals surface area (Å²) < 4.78 is 15.8. The van der Waals surface area contributed by atoms with Gasteiger partial charge in [-0.15, -0.1) is 0 Å². The quantitative estimate of drug-likeness (QED) is 0.477. The second-order valence-electron chi connectivity index (χ2n) is 6.07. The van der Waals surface area contributed by atoms with Gasteiger partial charge in [-0.05, 0) is 43.3 Å². The Hall–Kier alpha value is -3.48. The molecule has 1 heterocycles. The third-order valence-electron chi connectivity index (χ3n) is 4.19. The predicted octanol–water partition coefficient (Wildman–Crippen LogP) is 3.82. The van der Waals surface area contributed by atoms with Gasteiger partial charge in [0.15, 0.2) is 6.04 Å². The van der Waals surface area contributed by atoms with Crippen LogP contribution in [0.5, 0.6) is 11.5 Å². The lowest BCUT2D eigenvalue weighted by Gasteiger charge is -2.19. The van der Waals surface area contributed by atoms with Crippen LogP contribution in [0.1, 0.15) is 25.5 Å². The van der Waals surface area contributed by atoms with Crippen molar-refractivity contribution in [2.75, 3.05) is 19.0 Å². The molecule has 3 rings (SSSR count). The van der Waals surface area contributed by atoms with Crippen LogP contribution < -0.4 is 14.8 Å². The predicted molar refractivity (Wildman–Crippen MR) is 106 cm³/mol. The molecule has 146 valence electrons. The second-order valence-corrected chi connectivity index (χ2v) is 6.07. The highest BCUT2D eigenvalue weighted by Crippen LogP contribution is 2.34. The third kappa shape index (κ3) is 4.09. The number of H-pyrrole nitrogens is 1. The van der Waals surface area contributed by atoms with E-state index in [-0.39, 0.29) is 6.61 Å². The Morgan fingerprint density at radius 1 is 1.14 bits per heavy atom. The first kappa shape index (κ1) is 19.3. The van der Waals surface area contributed by atoms with Crippen LogP contribution in [0.15, 0.2) is 48.7 Å². The average molecular weight is 382 g/mol. The zero-order valence-corrected chi connectivity index (χ0v) is 15.9. The molecule has 1 aromatic heterocycles. The van der Waals surface area contributed by atoms with Gasteiger partial charge in [-0.25, -0.2) is 4.79 Å². The molecule has 7 nitrogen and oxygen atoms in total. The van der Waals surface area contributed by atoms with Crippen molar-refractivity contribution < 1.29 is 23.8 Å². The summed E-state index contributed by atoms with van der Waals surface area (Å²) in [4.78, 5) is 27.3. The molecule has 0 radical (unpaired) electrons. The second kappa shape index (κ2) is 8.47. The number of aromatic nitrogens is 1. The van der Waals surface area contributed by atoms with Crippen molar-refractivity contribution in [2.24, 2.45) is 0 Å². The number of benzene rings is 2. The van der Waals surface area contributed by atoms with Gasteiger partial charge >= 0.3 is 11.9 Å². The van der Waals surface area contributed by atoms with Crippen molar-refractivity contribution in [3.8, 4) is 11.5 Å². The van der Waals surface area contributed by atoms with E-state index in [0.717, 1.165) is 11.2 Å². The molecule has 1 atom stereocenters. The van der Waals surface area contributed by atoms with Crippen molar-refractivity contribution in [2.45, 2.75) is 19.9 Å². The average Bonchev–Trinajstić information content (AvgIpc) is 3.11. The van der Waals surface area contributed by atoms with Crippen LogP contribution in [-0.4, -0.2) is 30.6 Å². The van der Waals surface area contributed by atoms with Crippen molar-refractivity contribution in [1.82, 2.24) is 4.98 Å². The van der Waals surface area contributed by atoms with E-state index in [0.29, 0.717) is 22.4 Å². The molecule has 0 aliphatic heterocycles. The fourth-order valence-electron chi connectivity index (χ4n) is 2.99. The summed E-state index contributed by atoms with van der Waals surface area (Å²) in [6.45, 7) is 3.34. The fraction of sp³-hybridized carbons (Fsp3) is 0.238. The van der Waals surface area contributed by atoms with Crippen LogP contribution in [0.3, 0.4) is 0 Å². The van der Waals surface area contributed by atoms with Gasteiger partial charge in [-0.1, -0.05) is 6.07 Å². The summed E-state index contributed by atoms with van der Waals surface area (Å²) in [5.74, 6) is 0.224. The van der Waals surface area contributed by atoms with Gasteiger partial charge in [0.1, 0.15) is 11.5 Å². The zero-order valence-electron chi connectivity index (χ0n) is 15.9. The van der Waals surface area contributed by atoms with E-state index in [1.165, 1.54) is 6.92 Å². The van der Waals surface area contributed by atoms with Gasteiger partial charge < -0.3 is 24.5 Å². The highest BCUT2D eigenvalue weighted by molar-refractivity contribution is 5.96. The number of carbonyl (C=O) groups excluding carboxylic acids is 2. The first-order valence-corrected chi connectivity index (χ1v) is 8.89. The Kier molecular flexibility index (Phi) is 5.84. The van der Waals surface area contributed by atoms with E-state index in [1.807, 2.05) is 18.2 Å². The van der Waals surface area contributed by atoms with Gasteiger partial charge in [-0.3, -0.25) is 4.79 Å². The summed E-state index contributed by atoms with van der Waals surface area (Å²) in [5.41, 5.74) is 2.10. The van der Waals surface area contributed by atoms with Gasteiger partial charge in [0, 0.05) is 35.3 Å². The molecular weight excluding hydrogens is 360 g/mol. The van der Waals surface area contributed by atoms with Crippen LogP contribution >= 0.6 is 0 Å². The maximum Gasteiger partial charge on any atom is 0.333 e. The van der Waals surface area contributed by atoms with Crippen LogP contribution in [-0.2, 0) is 14.3 Å². The van der Waals surface area contributed by atoms with Gasteiger partial charge in [0.25, 0.3) is 0 Å². The van der Waals surface area contributed by atoms with Crippen LogP contribution in [0, 0.1) is 0 Å². The topological polar surface area (TPSA) is 89.7 Å². The van der Waals surface area contributed by atoms with Gasteiger partial charge in [0.2, 0.25) is 0 Å². The molecule has 0 fully saturated rings. The molecule has 0 spiro atoms. The van der Waals surface area contributed by atoms with Crippen molar-refractivity contribution in [3.05, 3.63) is 54.2 Å². The standard InChI is InChI=1S/C21H22N2O5/c1-4-27-21(25)20(23-14-8-10-15(26-3)11-9-14)16-12-22-17-6-5-7-18(19(16)17)28-13(2)24/h5-12,20,22-23H,4H2,1-3H3/t20-/m0/s1. The number of ether oxygens (including phenoxy) is 3. The fourth-order valence-corrected chi connectivity index (χ4v) is 2.99. The molecule has 0 aliphatic carbocycles. The zero-order chi connectivity index (χ0) is 20.1. The normalized spacial score (nSPS) is 11.7. The Labute approximate surface area is 162 Å². The lowest BCUT2D eigenvalue weighted by Crippen LogP contribution is -2.23. The lowest BCUT2D eigenvalue weighted by atomic mass is 10.0. The van der Waals surface area contributed by atoms with Crippen molar-refractivity contribution >= 4 is 28.5 Å². The minimum Gasteiger partial charge on any atom is -0.497 e. The Morgan fingerprint density at radius 2 is 1.89 bits per heavy atom. The van der Waals surface area contributed by atoms with E-state index in [9.17, 15) is 9.59 Å². The van der Waals surface area contributed by atoms with Crippen molar-refractivity contribution in [3.63, 3.8) is 0 Å². The molecule has 2 aromatic carbocycles. The maximum atomic E-state index is 12.7. The highest BCUT2D eigenvalue weighted by atomic mass is 16.5. The number of rotatable bonds is 7. The van der Waals surface area contributed by atoms with E-state index < -0.39 is 18.0 Å². The molecule has 0 saturated heterocycles. The number of esters is 2. The molecule has 28 heavy (non-hydrogen) atoms. The SMILES string of the molecule is CCOC(=O)[C@@H](Nc1ccc(OC)cc1)c1c[nH]c2cccc(OC(C)=O)c12. The summed E-state index contributed by atoms with van der Waals surface area (Å²) in [6, 6.07) is 11.7. The third-order valence-corrected chi connectivity index (χ3v) is 4.19. The van der Waals surface area contributed by atoms with E-state index in [2.05, 4.69) is 10.3 Å². The number of carbonyl (C=O) groups is 2. The molecule has 0 bridgehead atoms. The van der Waals surface area contributed by atoms with Crippen LogP contribution in [0.25, 0.3) is 10.9 Å². The number of fused-ring (bicyclic) bond motifs is 1. The molecule has 0 unspecified atom stereocenters. The monoisotopic (exact) mass is 382 g/mol. The largest absolute Gasteiger partial charge is 0.497 e. The van der Waals surface area contributed by atoms with Gasteiger partial charge in [-0.2, -0.15) is 0 Å². The lowest BCUT2D eigenvalue weighted by molar-refractivity contribution is -0.144. The van der Waals surface area contributed by atoms with E-state index >= 15 is 0 Å². The summed E-state index contributed by atoms with van der Waals surface area (Å²) in [7, 11) is 1.59. The Morgan fingerprint density at radius 3 is 2.54 bits per heavy atom. The molecule has 2 N–H and O–H groups in total. The number of hydrogen-bond acceptors (Lipinski definition) is 6. The van der Waals surface area contributed by atoms with E-state index in [1.54, 1.807) is 44.5 Å². The number of hydrogen-bond donors (Lipinski definition) is 2. The molecule has 0 amide bonds. The van der Waals surface area contributed by atoms with Crippen molar-refractivity contribution in [1.29, 1.82) is 0 Å². The smallest absolute Gasteiger partial charge is 0.333 e. The number of nitrogens with one attached hydrogen (secondary N) is 2. The summed E-state index contributed by atoms with van der Waals surface area (Å²) >= 11 is 0. The van der Waals surface area contributed by atoms with Gasteiger partial charge in [0.05, 0.1) is 13.7 Å². The van der Waals surface area contributed by atoms with Crippen LogP contribution in [0.4, 0.5) is 5.69 Å². The summed E-state index contributed by atoms with van der Waals surface area (Å²) in [5, 5.41) is 3.85. The first-order chi connectivity index (χ1) is 13.5. The minimum absolute atomic E-state index is 0.249. The van der Waals surface area contributed by atoms with Crippen LogP contribution in [0.2, 0.25) is 0 Å². The number of anilines is 1. The molecule has 0 saturated carbocycles. The Balaban J connectivity index is 2.04. The molecule has 7 heteroatoms. The summed E-state index contributed by atoms with van der Waals surface area (Å²) in [6.07, 6.45) is 1.72. The number of methoxy groups -OCH3 is 1. The molecular formula is C21H22N2O5. The minimum atomic E-state index is -0.793. The highest BCUT2D eigenvalue weighted by Gasteiger charge is 2.27. The molecule has 0 aliphatic rings. The maximum absolute atomic E-state index is 12.7.